The van der Waals surface area contributed by atoms with E-state index in [1.54, 1.807) is 0 Å². The molecule has 478 valence electrons. The number of carbonyl (C=O) groups excluding carboxylic acids is 3. The first-order chi connectivity index (χ1) is 40.6. The van der Waals surface area contributed by atoms with Crippen LogP contribution in [0.1, 0.15) is 303 Å². The summed E-state index contributed by atoms with van der Waals surface area (Å²) in [5.41, 5.74) is 0. The summed E-state index contributed by atoms with van der Waals surface area (Å²) in [6.45, 7) is 5.89. The number of ether oxygens (including phenoxy) is 5. The molecule has 0 amide bonds. The molecule has 0 radical (unpaired) electrons. The summed E-state index contributed by atoms with van der Waals surface area (Å²) in [5.74, 6) is -3.13. The molecule has 3 N–H and O–H groups in total. The van der Waals surface area contributed by atoms with Gasteiger partial charge in [0.05, 0.1) is 6.61 Å². The molecule has 0 aromatic rings. The Morgan fingerprint density at radius 2 is 0.759 bits per heavy atom. The van der Waals surface area contributed by atoms with E-state index in [0.717, 1.165) is 135 Å². The minimum Gasteiger partial charge on any atom is -0.479 e. The van der Waals surface area contributed by atoms with Crippen LogP contribution in [0.5, 0.6) is 0 Å². The second-order valence-electron chi connectivity index (χ2n) is 23.1. The SMILES string of the molecule is CC/C=C\C/C=C\C/C=C\C/C=C\CCCCCCCCC(=O)OCC(COC1OC(C(=O)O)C(O)C(O)C1OC(=O)CCCCCCCCCCC/C=C\CCCCCCCC)OC(=O)CCCCCCC/C=C\CCCCCCCC. The number of hydrogen-bond donors (Lipinski definition) is 3. The van der Waals surface area contributed by atoms with Gasteiger partial charge in [-0.25, -0.2) is 4.79 Å². The lowest BCUT2D eigenvalue weighted by molar-refractivity contribution is -0.301. The van der Waals surface area contributed by atoms with E-state index in [-0.39, 0.29) is 25.9 Å². The number of unbranched alkanes of at least 4 members (excludes halogenated alkanes) is 32. The highest BCUT2D eigenvalue weighted by molar-refractivity contribution is 5.74. The van der Waals surface area contributed by atoms with Crippen molar-refractivity contribution in [1.29, 1.82) is 0 Å². The van der Waals surface area contributed by atoms with Crippen molar-refractivity contribution in [2.45, 2.75) is 340 Å². The van der Waals surface area contributed by atoms with Gasteiger partial charge in [-0.3, -0.25) is 14.4 Å². The predicted molar refractivity (Wildman–Crippen MR) is 340 cm³/mol. The van der Waals surface area contributed by atoms with Crippen molar-refractivity contribution < 1.29 is 58.2 Å². The van der Waals surface area contributed by atoms with Gasteiger partial charge in [-0.05, 0) is 109 Å². The Kier molecular flexibility index (Phi) is 54.4. The first-order valence-corrected chi connectivity index (χ1v) is 33.9. The molecule has 0 spiro atoms. The molecule has 1 heterocycles. The lowest BCUT2D eigenvalue weighted by Crippen LogP contribution is -2.61. The molecule has 1 rings (SSSR count). The second-order valence-corrected chi connectivity index (χ2v) is 23.1. The van der Waals surface area contributed by atoms with Crippen molar-refractivity contribution in [3.8, 4) is 0 Å². The third-order valence-electron chi connectivity index (χ3n) is 15.2. The fraction of sp³-hybridized carbons (Fsp3) is 0.775. The quantitative estimate of drug-likeness (QED) is 0.0228. The van der Waals surface area contributed by atoms with Crippen LogP contribution in [0.15, 0.2) is 72.9 Å². The molecule has 1 aliphatic heterocycles. The van der Waals surface area contributed by atoms with Gasteiger partial charge in [-0.15, -0.1) is 0 Å². The van der Waals surface area contributed by atoms with Crippen molar-refractivity contribution in [3.63, 3.8) is 0 Å². The van der Waals surface area contributed by atoms with Crippen molar-refractivity contribution in [2.24, 2.45) is 0 Å². The first kappa shape index (κ1) is 77.2. The predicted octanol–water partition coefficient (Wildman–Crippen LogP) is 18.5. The molecule has 0 saturated carbocycles. The van der Waals surface area contributed by atoms with E-state index < -0.39 is 67.3 Å². The number of esters is 3. The van der Waals surface area contributed by atoms with Gasteiger partial charge in [0.25, 0.3) is 0 Å². The van der Waals surface area contributed by atoms with Crippen LogP contribution >= 0.6 is 0 Å². The number of allylic oxidation sites excluding steroid dienone is 12. The average Bonchev–Trinajstić information content (AvgIpc) is 3.57. The first-order valence-electron chi connectivity index (χ1n) is 33.9. The van der Waals surface area contributed by atoms with Gasteiger partial charge < -0.3 is 39.0 Å². The summed E-state index contributed by atoms with van der Waals surface area (Å²) >= 11 is 0. The Bertz CT molecular complexity index is 1720. The maximum atomic E-state index is 13.2. The summed E-state index contributed by atoms with van der Waals surface area (Å²) in [6.07, 6.45) is 62.8. The van der Waals surface area contributed by atoms with Gasteiger partial charge in [0.1, 0.15) is 18.8 Å². The van der Waals surface area contributed by atoms with E-state index in [1.807, 2.05) is 0 Å². The number of carboxylic acid groups (broad SMARTS) is 1. The van der Waals surface area contributed by atoms with E-state index >= 15 is 0 Å². The maximum absolute atomic E-state index is 13.2. The Morgan fingerprint density at radius 3 is 1.17 bits per heavy atom. The van der Waals surface area contributed by atoms with Gasteiger partial charge >= 0.3 is 23.9 Å². The van der Waals surface area contributed by atoms with E-state index in [1.165, 1.54) is 109 Å². The summed E-state index contributed by atoms with van der Waals surface area (Å²) in [6, 6.07) is 0. The lowest BCUT2D eigenvalue weighted by atomic mass is 9.98. The zero-order chi connectivity index (χ0) is 60.3. The Morgan fingerprint density at radius 1 is 0.410 bits per heavy atom. The second kappa shape index (κ2) is 58.5. The molecule has 12 heteroatoms. The van der Waals surface area contributed by atoms with Crippen LogP contribution < -0.4 is 0 Å². The summed E-state index contributed by atoms with van der Waals surface area (Å²) in [5, 5.41) is 31.6. The summed E-state index contributed by atoms with van der Waals surface area (Å²) in [7, 11) is 0. The highest BCUT2D eigenvalue weighted by atomic mass is 16.7. The van der Waals surface area contributed by atoms with Crippen LogP contribution in [-0.2, 0) is 42.9 Å². The standard InChI is InChI=1S/C71H122O12/c1-4-7-10-13-16-19-22-25-28-30-32-34-37-39-42-45-48-51-54-57-63(72)79-60-62(81-64(73)58-55-52-49-46-43-40-36-27-24-21-18-15-12-9-6-3)61-80-71-69(67(76)66(75)68(83-71)70(77)78)82-65(74)59-56-53-50-47-44-41-38-35-33-31-29-26-23-20-17-14-11-8-5-2/h7,10,16,19,25-29,32,34,36,62,66-69,71,75-76H,4-6,8-9,11-15,17-18,20-24,30-31,33,35,37-61H2,1-3H3,(H,77,78)/b10-7-,19-16-,28-25-,29-26-,34-32-,36-27-. The summed E-state index contributed by atoms with van der Waals surface area (Å²) < 4.78 is 28.6. The number of aliphatic hydroxyl groups excluding tert-OH is 2. The molecule has 0 aromatic heterocycles. The third-order valence-corrected chi connectivity index (χ3v) is 15.2. The van der Waals surface area contributed by atoms with E-state index in [0.29, 0.717) is 19.3 Å². The largest absolute Gasteiger partial charge is 0.479 e. The van der Waals surface area contributed by atoms with Gasteiger partial charge in [0, 0.05) is 19.3 Å². The number of aliphatic carboxylic acids is 1. The topological polar surface area (TPSA) is 175 Å². The van der Waals surface area contributed by atoms with Crippen molar-refractivity contribution >= 4 is 23.9 Å². The van der Waals surface area contributed by atoms with Crippen LogP contribution in [-0.4, -0.2) is 89.2 Å². The average molecular weight is 1170 g/mol. The molecular weight excluding hydrogens is 1040 g/mol. The molecule has 12 nitrogen and oxygen atoms in total. The van der Waals surface area contributed by atoms with Crippen molar-refractivity contribution in [2.75, 3.05) is 13.2 Å². The molecular formula is C71H122O12. The number of rotatable bonds is 58. The fourth-order valence-corrected chi connectivity index (χ4v) is 10.1. The van der Waals surface area contributed by atoms with E-state index in [2.05, 4.69) is 93.7 Å². The summed E-state index contributed by atoms with van der Waals surface area (Å²) in [4.78, 5) is 51.4. The molecule has 6 unspecified atom stereocenters. The maximum Gasteiger partial charge on any atom is 0.335 e. The molecule has 0 aliphatic carbocycles. The molecule has 6 atom stereocenters. The normalized spacial score (nSPS) is 18.0. The lowest BCUT2D eigenvalue weighted by Gasteiger charge is -2.40. The molecule has 0 bridgehead atoms. The van der Waals surface area contributed by atoms with Crippen LogP contribution in [0.25, 0.3) is 0 Å². The monoisotopic (exact) mass is 1170 g/mol. The fourth-order valence-electron chi connectivity index (χ4n) is 10.1. The van der Waals surface area contributed by atoms with Crippen LogP contribution in [0.4, 0.5) is 0 Å². The zero-order valence-corrected chi connectivity index (χ0v) is 52.9. The minimum absolute atomic E-state index is 0.0556. The molecule has 1 fully saturated rings. The molecule has 1 saturated heterocycles. The third kappa shape index (κ3) is 48.0. The van der Waals surface area contributed by atoms with Crippen LogP contribution in [0.3, 0.4) is 0 Å². The van der Waals surface area contributed by atoms with Gasteiger partial charge in [-0.1, -0.05) is 248 Å². The van der Waals surface area contributed by atoms with Crippen molar-refractivity contribution in [3.05, 3.63) is 72.9 Å². The Labute approximate surface area is 506 Å². The molecule has 1 aliphatic rings. The highest BCUT2D eigenvalue weighted by Gasteiger charge is 2.50. The van der Waals surface area contributed by atoms with E-state index in [4.69, 9.17) is 23.7 Å². The number of carboxylic acids is 1. The zero-order valence-electron chi connectivity index (χ0n) is 52.9. The van der Waals surface area contributed by atoms with E-state index in [9.17, 15) is 34.5 Å². The smallest absolute Gasteiger partial charge is 0.335 e. The van der Waals surface area contributed by atoms with Crippen molar-refractivity contribution in [1.82, 2.24) is 0 Å². The van der Waals surface area contributed by atoms with Crippen LogP contribution in [0.2, 0.25) is 0 Å². The number of aliphatic hydroxyl groups is 2. The molecule has 83 heavy (non-hydrogen) atoms. The minimum atomic E-state index is -1.91. The Hall–Kier alpha value is -3.84. The molecule has 0 aromatic carbocycles. The van der Waals surface area contributed by atoms with Gasteiger partial charge in [0.2, 0.25) is 0 Å². The highest BCUT2D eigenvalue weighted by Crippen LogP contribution is 2.27. The number of carbonyl (C=O) groups is 4. The Balaban J connectivity index is 2.65. The number of hydrogen-bond acceptors (Lipinski definition) is 11. The van der Waals surface area contributed by atoms with Gasteiger partial charge in [0.15, 0.2) is 24.6 Å². The van der Waals surface area contributed by atoms with Crippen LogP contribution in [0, 0.1) is 0 Å². The van der Waals surface area contributed by atoms with Gasteiger partial charge in [-0.2, -0.15) is 0 Å².